The second kappa shape index (κ2) is 8.44. The molecule has 1 atom stereocenters. The van der Waals surface area contributed by atoms with E-state index < -0.39 is 16.1 Å². The zero-order chi connectivity index (χ0) is 23.0. The number of sulfonamides is 1. The van der Waals surface area contributed by atoms with Crippen molar-refractivity contribution in [2.45, 2.75) is 24.8 Å². The molecule has 2 aromatic carbocycles. The number of fused-ring (bicyclic) bond motifs is 1. The summed E-state index contributed by atoms with van der Waals surface area (Å²) >= 11 is 0. The number of ether oxygens (including phenoxy) is 2. The van der Waals surface area contributed by atoms with E-state index in [-0.39, 0.29) is 42.9 Å². The molecule has 32 heavy (non-hydrogen) atoms. The summed E-state index contributed by atoms with van der Waals surface area (Å²) in [6.07, 6.45) is -0.701. The van der Waals surface area contributed by atoms with Gasteiger partial charge in [-0.15, -0.1) is 0 Å². The molecule has 0 bridgehead atoms. The maximum absolute atomic E-state index is 13.3. The Morgan fingerprint density at radius 2 is 1.78 bits per heavy atom. The molecule has 1 fully saturated rings. The first-order valence-corrected chi connectivity index (χ1v) is 11.7. The second-order valence-electron chi connectivity index (χ2n) is 7.79. The molecule has 0 aromatic heterocycles. The molecule has 2 heterocycles. The summed E-state index contributed by atoms with van der Waals surface area (Å²) in [7, 11) is -2.23. The first-order valence-electron chi connectivity index (χ1n) is 10.3. The van der Waals surface area contributed by atoms with Gasteiger partial charge in [0, 0.05) is 37.8 Å². The van der Waals surface area contributed by atoms with Crippen LogP contribution in [0, 0.1) is 6.92 Å². The van der Waals surface area contributed by atoms with E-state index in [0.717, 1.165) is 0 Å². The van der Waals surface area contributed by atoms with E-state index >= 15 is 0 Å². The Labute approximate surface area is 187 Å². The van der Waals surface area contributed by atoms with Gasteiger partial charge in [0.25, 0.3) is 11.8 Å². The van der Waals surface area contributed by atoms with Gasteiger partial charge in [-0.1, -0.05) is 0 Å². The van der Waals surface area contributed by atoms with Gasteiger partial charge in [0.2, 0.25) is 10.0 Å². The SMILES string of the molecule is COc1ccc(C(=O)N2CCN(S(=O)(=O)c3cc4c(cc3C)NC(=O)C(C)O4)CC2)cc1. The van der Waals surface area contributed by atoms with Crippen LogP contribution in [0.4, 0.5) is 5.69 Å². The molecule has 1 saturated heterocycles. The average Bonchev–Trinajstić information content (AvgIpc) is 2.79. The molecule has 0 saturated carbocycles. The number of aryl methyl sites for hydroxylation is 1. The van der Waals surface area contributed by atoms with Crippen molar-refractivity contribution in [2.75, 3.05) is 38.6 Å². The fraction of sp³-hybridized carbons (Fsp3) is 0.364. The third-order valence-corrected chi connectivity index (χ3v) is 7.73. The first-order chi connectivity index (χ1) is 15.2. The Bertz CT molecular complexity index is 1150. The summed E-state index contributed by atoms with van der Waals surface area (Å²) in [4.78, 5) is 26.4. The topological polar surface area (TPSA) is 105 Å². The molecule has 0 aliphatic carbocycles. The van der Waals surface area contributed by atoms with Gasteiger partial charge in [0.15, 0.2) is 6.10 Å². The molecule has 1 N–H and O–H groups in total. The average molecular weight is 460 g/mol. The third kappa shape index (κ3) is 4.03. The number of rotatable bonds is 4. The fourth-order valence-corrected chi connectivity index (χ4v) is 5.45. The van der Waals surface area contributed by atoms with Crippen LogP contribution in [0.2, 0.25) is 0 Å². The number of benzene rings is 2. The van der Waals surface area contributed by atoms with Crippen LogP contribution >= 0.6 is 0 Å². The summed E-state index contributed by atoms with van der Waals surface area (Å²) in [6, 6.07) is 9.90. The van der Waals surface area contributed by atoms with Gasteiger partial charge in [-0.25, -0.2) is 8.42 Å². The molecule has 2 aliphatic rings. The Morgan fingerprint density at radius 1 is 1.12 bits per heavy atom. The van der Waals surface area contributed by atoms with Gasteiger partial charge in [-0.3, -0.25) is 9.59 Å². The number of anilines is 1. The minimum absolute atomic E-state index is 0.134. The van der Waals surface area contributed by atoms with Crippen LogP contribution in [0.3, 0.4) is 0 Å². The highest BCUT2D eigenvalue weighted by Gasteiger charge is 2.33. The number of methoxy groups -OCH3 is 1. The predicted octanol–water partition coefficient (Wildman–Crippen LogP) is 1.87. The lowest BCUT2D eigenvalue weighted by molar-refractivity contribution is -0.122. The predicted molar refractivity (Wildman–Crippen MR) is 118 cm³/mol. The molecule has 2 aromatic rings. The third-order valence-electron chi connectivity index (χ3n) is 5.69. The second-order valence-corrected chi connectivity index (χ2v) is 9.69. The minimum atomic E-state index is -3.79. The Morgan fingerprint density at radius 3 is 2.41 bits per heavy atom. The number of hydrogen-bond acceptors (Lipinski definition) is 6. The van der Waals surface area contributed by atoms with E-state index in [9.17, 15) is 18.0 Å². The highest BCUT2D eigenvalue weighted by molar-refractivity contribution is 7.89. The van der Waals surface area contributed by atoms with Gasteiger partial charge in [0.05, 0.1) is 17.7 Å². The van der Waals surface area contributed by atoms with Crippen molar-refractivity contribution >= 4 is 27.5 Å². The Hall–Kier alpha value is -3.11. The molecule has 2 aliphatic heterocycles. The summed E-state index contributed by atoms with van der Waals surface area (Å²) in [5.74, 6) is 0.573. The van der Waals surface area contributed by atoms with Crippen LogP contribution in [0.5, 0.6) is 11.5 Å². The number of piperazine rings is 1. The summed E-state index contributed by atoms with van der Waals surface area (Å²) in [5.41, 5.74) is 1.50. The van der Waals surface area contributed by atoms with E-state index in [4.69, 9.17) is 9.47 Å². The van der Waals surface area contributed by atoms with Crippen LogP contribution in [0.1, 0.15) is 22.8 Å². The largest absolute Gasteiger partial charge is 0.497 e. The van der Waals surface area contributed by atoms with E-state index in [0.29, 0.717) is 28.3 Å². The van der Waals surface area contributed by atoms with Gasteiger partial charge in [0.1, 0.15) is 11.5 Å². The van der Waals surface area contributed by atoms with Crippen molar-refractivity contribution in [3.63, 3.8) is 0 Å². The zero-order valence-corrected chi connectivity index (χ0v) is 18.9. The van der Waals surface area contributed by atoms with Crippen molar-refractivity contribution in [3.05, 3.63) is 47.5 Å². The fourth-order valence-electron chi connectivity index (χ4n) is 3.81. The van der Waals surface area contributed by atoms with Crippen LogP contribution in [0.25, 0.3) is 0 Å². The normalized spacial score (nSPS) is 19.0. The molecular weight excluding hydrogens is 434 g/mol. The van der Waals surface area contributed by atoms with E-state index in [1.807, 2.05) is 0 Å². The molecule has 1 unspecified atom stereocenters. The van der Waals surface area contributed by atoms with Gasteiger partial charge in [-0.05, 0) is 49.7 Å². The number of carbonyl (C=O) groups is 2. The van der Waals surface area contributed by atoms with Crippen molar-refractivity contribution in [2.24, 2.45) is 0 Å². The number of amides is 2. The first kappa shape index (κ1) is 22.1. The number of nitrogens with zero attached hydrogens (tertiary/aromatic N) is 2. The monoisotopic (exact) mass is 459 g/mol. The lowest BCUT2D eigenvalue weighted by Crippen LogP contribution is -2.50. The minimum Gasteiger partial charge on any atom is -0.497 e. The number of nitrogens with one attached hydrogen (secondary N) is 1. The summed E-state index contributed by atoms with van der Waals surface area (Å²) in [5, 5.41) is 2.73. The molecule has 9 nitrogen and oxygen atoms in total. The quantitative estimate of drug-likeness (QED) is 0.748. The van der Waals surface area contributed by atoms with Crippen LogP contribution < -0.4 is 14.8 Å². The highest BCUT2D eigenvalue weighted by atomic mass is 32.2. The standard InChI is InChI=1S/C22H25N3O6S/c1-14-12-18-19(31-15(2)21(26)23-18)13-20(14)32(28,29)25-10-8-24(9-11-25)22(27)16-4-6-17(30-3)7-5-16/h4-7,12-13,15H,8-11H2,1-3H3,(H,23,26). The van der Waals surface area contributed by atoms with Crippen molar-refractivity contribution in [1.29, 1.82) is 0 Å². The Balaban J connectivity index is 1.49. The van der Waals surface area contributed by atoms with Crippen LogP contribution in [-0.2, 0) is 14.8 Å². The Kier molecular flexibility index (Phi) is 5.83. The molecule has 2 amide bonds. The lowest BCUT2D eigenvalue weighted by Gasteiger charge is -2.34. The summed E-state index contributed by atoms with van der Waals surface area (Å²) < 4.78 is 38.7. The lowest BCUT2D eigenvalue weighted by atomic mass is 10.1. The van der Waals surface area contributed by atoms with Gasteiger partial charge >= 0.3 is 0 Å². The van der Waals surface area contributed by atoms with Crippen LogP contribution in [-0.4, -0.2) is 68.8 Å². The van der Waals surface area contributed by atoms with Crippen molar-refractivity contribution < 1.29 is 27.5 Å². The van der Waals surface area contributed by atoms with Gasteiger partial charge in [-0.2, -0.15) is 4.31 Å². The number of carbonyl (C=O) groups excluding carboxylic acids is 2. The van der Waals surface area contributed by atoms with Crippen LogP contribution in [0.15, 0.2) is 41.3 Å². The molecule has 0 radical (unpaired) electrons. The molecule has 0 spiro atoms. The van der Waals surface area contributed by atoms with E-state index in [1.165, 1.54) is 10.4 Å². The van der Waals surface area contributed by atoms with Crippen molar-refractivity contribution in [3.8, 4) is 11.5 Å². The molecule has 10 heteroatoms. The van der Waals surface area contributed by atoms with Gasteiger partial charge < -0.3 is 19.7 Å². The maximum atomic E-state index is 13.3. The maximum Gasteiger partial charge on any atom is 0.265 e. The molecular formula is C22H25N3O6S. The van der Waals surface area contributed by atoms with E-state index in [1.54, 1.807) is 56.2 Å². The molecule has 170 valence electrons. The smallest absolute Gasteiger partial charge is 0.265 e. The zero-order valence-electron chi connectivity index (χ0n) is 18.1. The van der Waals surface area contributed by atoms with E-state index in [2.05, 4.69) is 5.32 Å². The summed E-state index contributed by atoms with van der Waals surface area (Å²) in [6.45, 7) is 4.24. The molecule has 4 rings (SSSR count). The highest BCUT2D eigenvalue weighted by Crippen LogP contribution is 2.35. The number of hydrogen-bond donors (Lipinski definition) is 1. The van der Waals surface area contributed by atoms with Crippen molar-refractivity contribution in [1.82, 2.24) is 9.21 Å².